The molecule has 0 spiro atoms. The van der Waals surface area contributed by atoms with Crippen molar-refractivity contribution in [2.45, 2.75) is 19.4 Å². The fourth-order valence-corrected chi connectivity index (χ4v) is 3.02. The zero-order valence-corrected chi connectivity index (χ0v) is 13.7. The van der Waals surface area contributed by atoms with Gasteiger partial charge in [0.1, 0.15) is 0 Å². The highest BCUT2D eigenvalue weighted by molar-refractivity contribution is 6.35. The van der Waals surface area contributed by atoms with Gasteiger partial charge in [-0.25, -0.2) is 0 Å². The number of carbonyl (C=O) groups excluding carboxylic acids is 2. The van der Waals surface area contributed by atoms with Crippen LogP contribution < -0.4 is 11.1 Å². The number of hydrogen-bond donors (Lipinski definition) is 2. The van der Waals surface area contributed by atoms with E-state index >= 15 is 0 Å². The van der Waals surface area contributed by atoms with Gasteiger partial charge in [-0.05, 0) is 37.1 Å². The summed E-state index contributed by atoms with van der Waals surface area (Å²) < 4.78 is 0. The van der Waals surface area contributed by atoms with Gasteiger partial charge in [0.05, 0.1) is 12.5 Å². The minimum atomic E-state index is -0.293. The van der Waals surface area contributed by atoms with E-state index in [9.17, 15) is 9.59 Å². The van der Waals surface area contributed by atoms with E-state index in [1.165, 1.54) is 0 Å². The molecule has 1 aliphatic heterocycles. The van der Waals surface area contributed by atoms with Crippen molar-refractivity contribution in [1.29, 1.82) is 0 Å². The molecule has 0 bridgehead atoms. The van der Waals surface area contributed by atoms with Crippen LogP contribution in [0.25, 0.3) is 0 Å². The number of rotatable bonds is 5. The largest absolute Gasteiger partial charge is 0.369 e. The Morgan fingerprint density at radius 2 is 2.14 bits per heavy atom. The highest BCUT2D eigenvalue weighted by Gasteiger charge is 2.24. The van der Waals surface area contributed by atoms with Crippen molar-refractivity contribution in [3.63, 3.8) is 0 Å². The number of nitrogens with one attached hydrogen (secondary N) is 1. The first-order valence-electron chi connectivity index (χ1n) is 7.18. The molecule has 5 nitrogen and oxygen atoms in total. The number of piperidine rings is 1. The van der Waals surface area contributed by atoms with Gasteiger partial charge in [0.2, 0.25) is 11.8 Å². The Labute approximate surface area is 139 Å². The predicted octanol–water partition coefficient (Wildman–Crippen LogP) is 1.81. The van der Waals surface area contributed by atoms with Crippen LogP contribution in [0.2, 0.25) is 10.0 Å². The molecule has 1 aromatic carbocycles. The Balaban J connectivity index is 1.81. The number of nitrogens with two attached hydrogens (primary N) is 1. The minimum absolute atomic E-state index is 0.101. The first-order chi connectivity index (χ1) is 10.5. The average Bonchev–Trinajstić information content (AvgIpc) is 2.46. The van der Waals surface area contributed by atoms with E-state index in [1.807, 2.05) is 4.90 Å². The van der Waals surface area contributed by atoms with Gasteiger partial charge in [-0.2, -0.15) is 0 Å². The van der Waals surface area contributed by atoms with E-state index in [1.54, 1.807) is 18.2 Å². The van der Waals surface area contributed by atoms with Gasteiger partial charge in [-0.15, -0.1) is 0 Å². The van der Waals surface area contributed by atoms with Gasteiger partial charge >= 0.3 is 0 Å². The van der Waals surface area contributed by atoms with Gasteiger partial charge in [0.25, 0.3) is 0 Å². The van der Waals surface area contributed by atoms with Crippen molar-refractivity contribution in [2.75, 3.05) is 19.6 Å². The number of benzene rings is 1. The first kappa shape index (κ1) is 17.1. The number of nitrogens with zero attached hydrogens (tertiary/aromatic N) is 1. The van der Waals surface area contributed by atoms with Gasteiger partial charge in [0, 0.05) is 23.1 Å². The molecule has 1 atom stereocenters. The molecule has 3 N–H and O–H groups in total. The second-order valence-corrected chi connectivity index (χ2v) is 6.33. The van der Waals surface area contributed by atoms with Crippen LogP contribution in [0.5, 0.6) is 0 Å². The molecule has 2 rings (SSSR count). The van der Waals surface area contributed by atoms with E-state index in [4.69, 9.17) is 28.9 Å². The van der Waals surface area contributed by atoms with Crippen LogP contribution in [0.15, 0.2) is 18.2 Å². The number of primary amides is 1. The van der Waals surface area contributed by atoms with Crippen molar-refractivity contribution >= 4 is 35.0 Å². The van der Waals surface area contributed by atoms with Gasteiger partial charge in [-0.3, -0.25) is 14.5 Å². The van der Waals surface area contributed by atoms with Gasteiger partial charge in [-0.1, -0.05) is 29.3 Å². The quantitative estimate of drug-likeness (QED) is 0.855. The highest BCUT2D eigenvalue weighted by atomic mass is 35.5. The molecular weight excluding hydrogens is 325 g/mol. The number of hydrogen-bond acceptors (Lipinski definition) is 3. The molecule has 22 heavy (non-hydrogen) atoms. The maximum Gasteiger partial charge on any atom is 0.234 e. The molecular formula is C15H19Cl2N3O2. The molecule has 1 aromatic rings. The van der Waals surface area contributed by atoms with E-state index < -0.39 is 0 Å². The SMILES string of the molecule is NC(=O)C1CCCN(CC(=O)NCc2ccc(Cl)cc2Cl)C1. The van der Waals surface area contributed by atoms with E-state index in [0.29, 0.717) is 23.1 Å². The Morgan fingerprint density at radius 3 is 2.82 bits per heavy atom. The van der Waals surface area contributed by atoms with Crippen LogP contribution in [0, 0.1) is 5.92 Å². The smallest absolute Gasteiger partial charge is 0.234 e. The standard InChI is InChI=1S/C15H19Cl2N3O2/c16-12-4-3-10(13(17)6-12)7-19-14(21)9-20-5-1-2-11(8-20)15(18)22/h3-4,6,11H,1-2,5,7-9H2,(H2,18,22)(H,19,21). The third-order valence-electron chi connectivity index (χ3n) is 3.77. The molecule has 0 aromatic heterocycles. The van der Waals surface area contributed by atoms with E-state index in [0.717, 1.165) is 24.9 Å². The molecule has 1 heterocycles. The third kappa shape index (κ3) is 4.87. The van der Waals surface area contributed by atoms with E-state index in [-0.39, 0.29) is 24.3 Å². The summed E-state index contributed by atoms with van der Waals surface area (Å²) in [4.78, 5) is 25.2. The summed E-state index contributed by atoms with van der Waals surface area (Å²) in [6.07, 6.45) is 1.68. The lowest BCUT2D eigenvalue weighted by atomic mass is 9.97. The van der Waals surface area contributed by atoms with Gasteiger partial charge in [0.15, 0.2) is 0 Å². The van der Waals surface area contributed by atoms with Crippen molar-refractivity contribution in [1.82, 2.24) is 10.2 Å². The van der Waals surface area contributed by atoms with Crippen molar-refractivity contribution in [3.8, 4) is 0 Å². The first-order valence-corrected chi connectivity index (χ1v) is 7.93. The lowest BCUT2D eigenvalue weighted by Crippen LogP contribution is -2.45. The fraction of sp³-hybridized carbons (Fsp3) is 0.467. The molecule has 0 radical (unpaired) electrons. The lowest BCUT2D eigenvalue weighted by molar-refractivity contribution is -0.126. The Morgan fingerprint density at radius 1 is 1.36 bits per heavy atom. The number of likely N-dealkylation sites (tertiary alicyclic amines) is 1. The summed E-state index contributed by atoms with van der Waals surface area (Å²) in [5, 5.41) is 3.91. The highest BCUT2D eigenvalue weighted by Crippen LogP contribution is 2.20. The fourth-order valence-electron chi connectivity index (χ4n) is 2.55. The van der Waals surface area contributed by atoms with Crippen LogP contribution >= 0.6 is 23.2 Å². The molecule has 1 saturated heterocycles. The molecule has 1 unspecified atom stereocenters. The number of halogens is 2. The normalized spacial score (nSPS) is 18.9. The molecule has 2 amide bonds. The lowest BCUT2D eigenvalue weighted by Gasteiger charge is -2.30. The number of amides is 2. The Kier molecular flexibility index (Phi) is 6.06. The van der Waals surface area contributed by atoms with Crippen LogP contribution in [0.3, 0.4) is 0 Å². The molecule has 0 aliphatic carbocycles. The van der Waals surface area contributed by atoms with Gasteiger partial charge < -0.3 is 11.1 Å². The third-order valence-corrected chi connectivity index (χ3v) is 4.35. The zero-order chi connectivity index (χ0) is 16.1. The summed E-state index contributed by atoms with van der Waals surface area (Å²) in [6, 6.07) is 5.17. The minimum Gasteiger partial charge on any atom is -0.369 e. The predicted molar refractivity (Wildman–Crippen MR) is 86.7 cm³/mol. The second kappa shape index (κ2) is 7.81. The van der Waals surface area contributed by atoms with Crippen LogP contribution in [0.4, 0.5) is 0 Å². The van der Waals surface area contributed by atoms with Crippen molar-refractivity contribution < 1.29 is 9.59 Å². The molecule has 1 aliphatic rings. The molecule has 0 saturated carbocycles. The monoisotopic (exact) mass is 343 g/mol. The topological polar surface area (TPSA) is 75.4 Å². The van der Waals surface area contributed by atoms with Crippen LogP contribution in [0.1, 0.15) is 18.4 Å². The van der Waals surface area contributed by atoms with E-state index in [2.05, 4.69) is 5.32 Å². The average molecular weight is 344 g/mol. The maximum absolute atomic E-state index is 12.0. The Hall–Kier alpha value is -1.30. The van der Waals surface area contributed by atoms with Crippen molar-refractivity contribution in [3.05, 3.63) is 33.8 Å². The summed E-state index contributed by atoms with van der Waals surface area (Å²) in [6.45, 7) is 1.96. The second-order valence-electron chi connectivity index (χ2n) is 5.49. The summed E-state index contributed by atoms with van der Waals surface area (Å²) >= 11 is 11.9. The summed E-state index contributed by atoms with van der Waals surface area (Å²) in [5.74, 6) is -0.554. The van der Waals surface area contributed by atoms with Crippen LogP contribution in [-0.4, -0.2) is 36.3 Å². The zero-order valence-electron chi connectivity index (χ0n) is 12.1. The Bertz CT molecular complexity index is 566. The molecule has 1 fully saturated rings. The van der Waals surface area contributed by atoms with Crippen LogP contribution in [-0.2, 0) is 16.1 Å². The summed E-state index contributed by atoms with van der Waals surface area (Å²) in [5.41, 5.74) is 6.15. The maximum atomic E-state index is 12.0. The summed E-state index contributed by atoms with van der Waals surface area (Å²) in [7, 11) is 0. The molecule has 120 valence electrons. The number of carbonyl (C=O) groups is 2. The molecule has 7 heteroatoms. The van der Waals surface area contributed by atoms with Crippen molar-refractivity contribution in [2.24, 2.45) is 11.7 Å².